The van der Waals surface area contributed by atoms with Crippen LogP contribution in [0, 0.1) is 0 Å². The van der Waals surface area contributed by atoms with Crippen LogP contribution >= 0.6 is 23.1 Å². The highest BCUT2D eigenvalue weighted by molar-refractivity contribution is 7.98. The van der Waals surface area contributed by atoms with Crippen LogP contribution in [0.2, 0.25) is 0 Å². The number of thiazole rings is 1. The highest BCUT2D eigenvalue weighted by Gasteiger charge is 2.32. The minimum atomic E-state index is -0.385. The fourth-order valence-electron chi connectivity index (χ4n) is 5.09. The Bertz CT molecular complexity index is 1730. The number of methoxy groups -OCH3 is 1. The van der Waals surface area contributed by atoms with E-state index in [0.29, 0.717) is 14.9 Å². The van der Waals surface area contributed by atoms with Gasteiger partial charge in [-0.3, -0.25) is 9.36 Å². The largest absolute Gasteiger partial charge is 0.465 e. The smallest absolute Gasteiger partial charge is 0.337 e. The molecule has 4 aromatic rings. The van der Waals surface area contributed by atoms with Gasteiger partial charge in [-0.25, -0.2) is 9.79 Å². The average molecular weight is 525 g/mol. The summed E-state index contributed by atoms with van der Waals surface area (Å²) in [7, 11) is 1.36. The first-order valence-corrected chi connectivity index (χ1v) is 14.1. The Morgan fingerprint density at radius 1 is 1.05 bits per heavy atom. The van der Waals surface area contributed by atoms with Crippen LogP contribution in [0.25, 0.3) is 11.8 Å². The van der Waals surface area contributed by atoms with Crippen molar-refractivity contribution in [1.82, 2.24) is 4.57 Å². The van der Waals surface area contributed by atoms with E-state index in [2.05, 4.69) is 54.8 Å². The van der Waals surface area contributed by atoms with Crippen LogP contribution in [0.15, 0.2) is 93.1 Å². The third kappa shape index (κ3) is 4.18. The molecular formula is C30H24N2O3S2. The number of aryl methyl sites for hydroxylation is 1. The van der Waals surface area contributed by atoms with Crippen molar-refractivity contribution < 1.29 is 9.53 Å². The molecule has 37 heavy (non-hydrogen) atoms. The number of carbonyl (C=O) groups excluding carboxylic acids is 1. The fourth-order valence-corrected chi connectivity index (χ4v) is 6.50. The molecule has 3 aromatic carbocycles. The zero-order valence-corrected chi connectivity index (χ0v) is 22.1. The van der Waals surface area contributed by atoms with Gasteiger partial charge in [0.1, 0.15) is 0 Å². The molecule has 0 saturated heterocycles. The van der Waals surface area contributed by atoms with Crippen LogP contribution in [0.1, 0.15) is 45.1 Å². The molecule has 0 bridgehead atoms. The summed E-state index contributed by atoms with van der Waals surface area (Å²) in [6.07, 6.45) is 5.73. The van der Waals surface area contributed by atoms with Crippen molar-refractivity contribution in [2.75, 3.05) is 13.4 Å². The first-order valence-electron chi connectivity index (χ1n) is 12.0. The lowest BCUT2D eigenvalue weighted by Crippen LogP contribution is -2.38. The van der Waals surface area contributed by atoms with Gasteiger partial charge >= 0.3 is 5.97 Å². The molecule has 5 nitrogen and oxygen atoms in total. The number of rotatable bonds is 4. The third-order valence-corrected chi connectivity index (χ3v) is 8.66. The Balaban J connectivity index is 1.54. The first kappa shape index (κ1) is 23.7. The van der Waals surface area contributed by atoms with Crippen LogP contribution in [0.4, 0.5) is 0 Å². The molecule has 0 unspecified atom stereocenters. The quantitative estimate of drug-likeness (QED) is 0.284. The standard InChI is InChI=1S/C30H24N2O3S2/c1-35-29(34)21-9-7-18(8-10-21)17-25-28(33)32-27(20-11-14-22(36-2)15-12-20)24-16-13-19-5-3-4-6-23(19)26(24)31-30(32)37-25/h3-12,14-15,17,27H,13,16H2,1-2H3/b25-17+/t27-/m1/s1. The second-order valence-corrected chi connectivity index (χ2v) is 10.9. The molecule has 0 saturated carbocycles. The molecule has 1 atom stereocenters. The maximum Gasteiger partial charge on any atom is 0.337 e. The van der Waals surface area contributed by atoms with Crippen molar-refractivity contribution in [3.63, 3.8) is 0 Å². The average Bonchev–Trinajstić information content (AvgIpc) is 3.26. The predicted molar refractivity (Wildman–Crippen MR) is 149 cm³/mol. The minimum absolute atomic E-state index is 0.0508. The van der Waals surface area contributed by atoms with E-state index in [1.54, 1.807) is 23.9 Å². The maximum atomic E-state index is 13.8. The van der Waals surface area contributed by atoms with Crippen LogP contribution in [-0.4, -0.2) is 23.9 Å². The molecule has 1 aliphatic carbocycles. The van der Waals surface area contributed by atoms with E-state index in [4.69, 9.17) is 9.73 Å². The Kier molecular flexibility index (Phi) is 6.18. The van der Waals surface area contributed by atoms with E-state index < -0.39 is 0 Å². The summed E-state index contributed by atoms with van der Waals surface area (Å²) in [5.74, 6) is -0.385. The van der Waals surface area contributed by atoms with Crippen LogP contribution in [-0.2, 0) is 11.2 Å². The second-order valence-electron chi connectivity index (χ2n) is 9.00. The van der Waals surface area contributed by atoms with E-state index >= 15 is 0 Å². The van der Waals surface area contributed by atoms with Crippen LogP contribution in [0.3, 0.4) is 0 Å². The predicted octanol–water partition coefficient (Wildman–Crippen LogP) is 4.83. The molecule has 0 amide bonds. The highest BCUT2D eigenvalue weighted by atomic mass is 32.2. The van der Waals surface area contributed by atoms with Gasteiger partial charge in [0, 0.05) is 10.5 Å². The van der Waals surface area contributed by atoms with E-state index in [9.17, 15) is 9.59 Å². The molecule has 2 aliphatic rings. The number of allylic oxidation sites excluding steroid dienone is 1. The van der Waals surface area contributed by atoms with Crippen LogP contribution in [0.5, 0.6) is 0 Å². The Morgan fingerprint density at radius 3 is 2.54 bits per heavy atom. The van der Waals surface area contributed by atoms with Crippen molar-refractivity contribution in [2.24, 2.45) is 4.99 Å². The lowest BCUT2D eigenvalue weighted by Gasteiger charge is -2.30. The van der Waals surface area contributed by atoms with Gasteiger partial charge < -0.3 is 4.74 Å². The molecule has 184 valence electrons. The van der Waals surface area contributed by atoms with Crippen molar-refractivity contribution >= 4 is 40.8 Å². The topological polar surface area (TPSA) is 60.7 Å². The summed E-state index contributed by atoms with van der Waals surface area (Å²) in [5, 5.41) is 0. The second kappa shape index (κ2) is 9.65. The zero-order valence-electron chi connectivity index (χ0n) is 20.4. The summed E-state index contributed by atoms with van der Waals surface area (Å²) in [6.45, 7) is 0. The first-order chi connectivity index (χ1) is 18.1. The molecule has 7 heteroatoms. The number of carbonyl (C=O) groups is 1. The van der Waals surface area contributed by atoms with Gasteiger partial charge in [0.25, 0.3) is 5.56 Å². The molecule has 1 aromatic heterocycles. The Labute approximate surface area is 222 Å². The van der Waals surface area contributed by atoms with Gasteiger partial charge in [-0.2, -0.15) is 0 Å². The number of benzene rings is 3. The van der Waals surface area contributed by atoms with Crippen molar-refractivity contribution in [3.05, 3.63) is 126 Å². The molecule has 0 fully saturated rings. The minimum Gasteiger partial charge on any atom is -0.465 e. The molecule has 2 heterocycles. The lowest BCUT2D eigenvalue weighted by atomic mass is 9.83. The van der Waals surface area contributed by atoms with Crippen molar-refractivity contribution in [3.8, 4) is 0 Å². The van der Waals surface area contributed by atoms with E-state index in [-0.39, 0.29) is 17.6 Å². The number of hydrogen-bond acceptors (Lipinski definition) is 6. The van der Waals surface area contributed by atoms with E-state index in [0.717, 1.165) is 35.2 Å². The molecule has 1 aliphatic heterocycles. The van der Waals surface area contributed by atoms with Gasteiger partial charge in [0.05, 0.1) is 28.9 Å². The SMILES string of the molecule is COC(=O)c1ccc(/C=c2/sc3n(c2=O)[C@H](c2ccc(SC)cc2)C2=C(N=3)c3ccccc3CC2)cc1. The summed E-state index contributed by atoms with van der Waals surface area (Å²) < 4.78 is 7.27. The van der Waals surface area contributed by atoms with E-state index in [1.165, 1.54) is 34.5 Å². The monoisotopic (exact) mass is 524 g/mol. The molecule has 0 N–H and O–H groups in total. The lowest BCUT2D eigenvalue weighted by molar-refractivity contribution is 0.0600. The Hall–Kier alpha value is -3.68. The van der Waals surface area contributed by atoms with Gasteiger partial charge in [-0.15, -0.1) is 11.8 Å². The zero-order chi connectivity index (χ0) is 25.5. The number of fused-ring (bicyclic) bond motifs is 3. The van der Waals surface area contributed by atoms with Gasteiger partial charge in [0.15, 0.2) is 4.80 Å². The Morgan fingerprint density at radius 2 is 1.81 bits per heavy atom. The number of aromatic nitrogens is 1. The van der Waals surface area contributed by atoms with Crippen molar-refractivity contribution in [2.45, 2.75) is 23.8 Å². The van der Waals surface area contributed by atoms with Crippen LogP contribution < -0.4 is 14.9 Å². The number of esters is 1. The van der Waals surface area contributed by atoms with Gasteiger partial charge in [-0.1, -0.05) is 59.9 Å². The van der Waals surface area contributed by atoms with Crippen molar-refractivity contribution in [1.29, 1.82) is 0 Å². The summed E-state index contributed by atoms with van der Waals surface area (Å²) in [4.78, 5) is 32.6. The molecule has 6 rings (SSSR count). The third-order valence-electron chi connectivity index (χ3n) is 6.93. The normalized spacial score (nSPS) is 16.5. The maximum absolute atomic E-state index is 13.8. The molecule has 0 spiro atoms. The van der Waals surface area contributed by atoms with Gasteiger partial charge in [-0.05, 0) is 71.7 Å². The number of ether oxygens (including phenoxy) is 1. The summed E-state index contributed by atoms with van der Waals surface area (Å²) in [5.41, 5.74) is 7.00. The van der Waals surface area contributed by atoms with E-state index in [1.807, 2.05) is 22.8 Å². The number of thioether (sulfide) groups is 1. The fraction of sp³-hybridized carbons (Fsp3) is 0.167. The summed E-state index contributed by atoms with van der Waals surface area (Å²) in [6, 6.07) is 23.8. The number of hydrogen-bond donors (Lipinski definition) is 0. The number of nitrogens with zero attached hydrogens (tertiary/aromatic N) is 2. The summed E-state index contributed by atoms with van der Waals surface area (Å²) >= 11 is 3.11. The highest BCUT2D eigenvalue weighted by Crippen LogP contribution is 2.41. The van der Waals surface area contributed by atoms with Gasteiger partial charge in [0.2, 0.25) is 0 Å². The molecule has 0 radical (unpaired) electrons. The molecular weight excluding hydrogens is 500 g/mol.